The van der Waals surface area contributed by atoms with E-state index in [1.54, 1.807) is 0 Å². The predicted molar refractivity (Wildman–Crippen MR) is 90.5 cm³/mol. The molecule has 2 amide bonds. The molecule has 24 heavy (non-hydrogen) atoms. The molecule has 1 aliphatic rings. The molecule has 124 valence electrons. The zero-order valence-electron chi connectivity index (χ0n) is 13.8. The summed E-state index contributed by atoms with van der Waals surface area (Å²) in [5.74, 6) is 1.34. The first-order valence-corrected chi connectivity index (χ1v) is 8.14. The third-order valence-electron chi connectivity index (χ3n) is 4.51. The summed E-state index contributed by atoms with van der Waals surface area (Å²) in [7, 11) is 0. The Morgan fingerprint density at radius 1 is 1.38 bits per heavy atom. The van der Waals surface area contributed by atoms with Crippen molar-refractivity contribution in [2.24, 2.45) is 0 Å². The summed E-state index contributed by atoms with van der Waals surface area (Å²) in [5, 5.41) is 11.1. The molecule has 1 aliphatic heterocycles. The van der Waals surface area contributed by atoms with Gasteiger partial charge in [0.15, 0.2) is 5.82 Å². The number of rotatable bonds is 2. The van der Waals surface area contributed by atoms with Gasteiger partial charge in [-0.2, -0.15) is 5.10 Å². The summed E-state index contributed by atoms with van der Waals surface area (Å²) >= 11 is 0. The van der Waals surface area contributed by atoms with Crippen LogP contribution in [-0.4, -0.2) is 37.6 Å². The average Bonchev–Trinajstić information content (AvgIpc) is 3.17. The number of nitrogens with zero attached hydrogens (tertiary/aromatic N) is 3. The number of aryl methyl sites for hydroxylation is 1. The lowest BCUT2D eigenvalue weighted by molar-refractivity contribution is 0.188. The van der Waals surface area contributed by atoms with Crippen molar-refractivity contribution >= 4 is 16.9 Å². The summed E-state index contributed by atoms with van der Waals surface area (Å²) in [6.07, 6.45) is 0.862. The van der Waals surface area contributed by atoms with E-state index >= 15 is 0 Å². The van der Waals surface area contributed by atoms with E-state index in [0.717, 1.165) is 23.5 Å². The number of nitrogens with one attached hydrogen (secondary N) is 3. The highest BCUT2D eigenvalue weighted by atomic mass is 16.2. The summed E-state index contributed by atoms with van der Waals surface area (Å²) in [6, 6.07) is 7.96. The zero-order chi connectivity index (χ0) is 16.7. The molecule has 0 bridgehead atoms. The second-order valence-corrected chi connectivity index (χ2v) is 6.25. The Bertz CT molecular complexity index is 896. The molecule has 2 aromatic heterocycles. The molecule has 7 heteroatoms. The van der Waals surface area contributed by atoms with Crippen LogP contribution >= 0.6 is 0 Å². The first kappa shape index (κ1) is 14.7. The summed E-state index contributed by atoms with van der Waals surface area (Å²) in [6.45, 7) is 5.03. The third kappa shape index (κ3) is 2.51. The molecule has 3 heterocycles. The molecule has 0 fully saturated rings. The maximum Gasteiger partial charge on any atom is 0.318 e. The molecule has 3 aromatic rings. The molecule has 1 atom stereocenters. The molecule has 3 N–H and O–H groups in total. The monoisotopic (exact) mass is 324 g/mol. The van der Waals surface area contributed by atoms with Crippen LogP contribution in [0.4, 0.5) is 4.79 Å². The number of benzene rings is 1. The molecular formula is C17H20N6O. The van der Waals surface area contributed by atoms with Gasteiger partial charge >= 0.3 is 6.03 Å². The minimum atomic E-state index is -0.230. The number of aromatic nitrogens is 4. The van der Waals surface area contributed by atoms with Crippen molar-refractivity contribution in [3.63, 3.8) is 0 Å². The molecule has 1 aromatic carbocycles. The Labute approximate surface area is 139 Å². The lowest BCUT2D eigenvalue weighted by Crippen LogP contribution is -2.43. The number of fused-ring (bicyclic) bond motifs is 3. The molecule has 0 saturated heterocycles. The Balaban J connectivity index is 1.48. The number of amides is 2. The first-order valence-electron chi connectivity index (χ1n) is 8.14. The maximum atomic E-state index is 12.5. The first-order chi connectivity index (χ1) is 11.6. The standard InChI is InChI=1S/C17H20N6O/c1-10(16-19-11(2)21-22-16)18-17(24)23-8-7-13-12-5-3-4-6-14(12)20-15(13)9-23/h3-6,10,20H,7-9H2,1-2H3,(H,18,24)(H,19,21,22)/t10-/m1/s1. The smallest absolute Gasteiger partial charge is 0.318 e. The number of carbonyl (C=O) groups is 1. The van der Waals surface area contributed by atoms with Crippen LogP contribution in [0.3, 0.4) is 0 Å². The molecule has 0 aliphatic carbocycles. The fraction of sp³-hybridized carbons (Fsp3) is 0.353. The van der Waals surface area contributed by atoms with Crippen molar-refractivity contribution in [2.45, 2.75) is 32.9 Å². The van der Waals surface area contributed by atoms with Crippen molar-refractivity contribution < 1.29 is 4.79 Å². The van der Waals surface area contributed by atoms with Crippen LogP contribution in [0.2, 0.25) is 0 Å². The van der Waals surface area contributed by atoms with Crippen LogP contribution < -0.4 is 5.32 Å². The molecule has 0 spiro atoms. The molecule has 4 rings (SSSR count). The van der Waals surface area contributed by atoms with Gasteiger partial charge in [0.25, 0.3) is 0 Å². The quantitative estimate of drug-likeness (QED) is 0.676. The van der Waals surface area contributed by atoms with Crippen LogP contribution in [0, 0.1) is 6.92 Å². The SMILES string of the molecule is Cc1nc([C@@H](C)NC(=O)N2CCc3c([nH]c4ccccc34)C2)n[nH]1. The predicted octanol–water partition coefficient (Wildman–Crippen LogP) is 2.42. The fourth-order valence-corrected chi connectivity index (χ4v) is 3.26. The number of carbonyl (C=O) groups excluding carboxylic acids is 1. The van der Waals surface area contributed by atoms with E-state index in [9.17, 15) is 4.79 Å². The second kappa shape index (κ2) is 5.67. The van der Waals surface area contributed by atoms with E-state index < -0.39 is 0 Å². The van der Waals surface area contributed by atoms with Crippen molar-refractivity contribution in [2.75, 3.05) is 6.54 Å². The van der Waals surface area contributed by atoms with Crippen LogP contribution in [0.1, 0.15) is 35.9 Å². The molecule has 7 nitrogen and oxygen atoms in total. The highest BCUT2D eigenvalue weighted by Crippen LogP contribution is 2.27. The lowest BCUT2D eigenvalue weighted by atomic mass is 10.0. The number of hydrogen-bond acceptors (Lipinski definition) is 3. The van der Waals surface area contributed by atoms with E-state index in [4.69, 9.17) is 0 Å². The van der Waals surface area contributed by atoms with E-state index in [0.29, 0.717) is 18.9 Å². The van der Waals surface area contributed by atoms with E-state index in [1.165, 1.54) is 10.9 Å². The van der Waals surface area contributed by atoms with E-state index in [1.807, 2.05) is 24.8 Å². The highest BCUT2D eigenvalue weighted by molar-refractivity contribution is 5.85. The van der Waals surface area contributed by atoms with Gasteiger partial charge in [-0.05, 0) is 31.9 Å². The van der Waals surface area contributed by atoms with Crippen LogP contribution in [0.15, 0.2) is 24.3 Å². The minimum Gasteiger partial charge on any atom is -0.357 e. The maximum absolute atomic E-state index is 12.5. The Morgan fingerprint density at radius 3 is 3.00 bits per heavy atom. The van der Waals surface area contributed by atoms with Crippen molar-refractivity contribution in [1.82, 2.24) is 30.4 Å². The fourth-order valence-electron chi connectivity index (χ4n) is 3.26. The van der Waals surface area contributed by atoms with Crippen LogP contribution in [0.5, 0.6) is 0 Å². The van der Waals surface area contributed by atoms with Gasteiger partial charge in [0.1, 0.15) is 5.82 Å². The van der Waals surface area contributed by atoms with E-state index in [-0.39, 0.29) is 12.1 Å². The topological polar surface area (TPSA) is 89.7 Å². The summed E-state index contributed by atoms with van der Waals surface area (Å²) in [4.78, 5) is 22.1. The third-order valence-corrected chi connectivity index (χ3v) is 4.51. The van der Waals surface area contributed by atoms with Crippen LogP contribution in [0.25, 0.3) is 10.9 Å². The Kier molecular flexibility index (Phi) is 3.48. The average molecular weight is 324 g/mol. The van der Waals surface area contributed by atoms with Gasteiger partial charge in [-0.25, -0.2) is 9.78 Å². The number of aromatic amines is 2. The van der Waals surface area contributed by atoms with Gasteiger partial charge in [0.05, 0.1) is 12.6 Å². The largest absolute Gasteiger partial charge is 0.357 e. The molecule has 0 saturated carbocycles. The van der Waals surface area contributed by atoms with Crippen molar-refractivity contribution in [3.05, 3.63) is 47.2 Å². The molecular weight excluding hydrogens is 304 g/mol. The second-order valence-electron chi connectivity index (χ2n) is 6.25. The van der Waals surface area contributed by atoms with Crippen LogP contribution in [-0.2, 0) is 13.0 Å². The molecule has 0 radical (unpaired) electrons. The molecule has 0 unspecified atom stereocenters. The van der Waals surface area contributed by atoms with Gasteiger partial charge in [0.2, 0.25) is 0 Å². The van der Waals surface area contributed by atoms with Crippen molar-refractivity contribution in [1.29, 1.82) is 0 Å². The Morgan fingerprint density at radius 2 is 2.21 bits per heavy atom. The van der Waals surface area contributed by atoms with Gasteiger partial charge in [0, 0.05) is 23.1 Å². The van der Waals surface area contributed by atoms with Gasteiger partial charge in [-0.1, -0.05) is 18.2 Å². The lowest BCUT2D eigenvalue weighted by Gasteiger charge is -2.28. The van der Waals surface area contributed by atoms with Crippen molar-refractivity contribution in [3.8, 4) is 0 Å². The van der Waals surface area contributed by atoms with Gasteiger partial charge < -0.3 is 15.2 Å². The normalized spacial score (nSPS) is 15.3. The zero-order valence-corrected chi connectivity index (χ0v) is 13.8. The summed E-state index contributed by atoms with van der Waals surface area (Å²) in [5.41, 5.74) is 3.58. The number of hydrogen-bond donors (Lipinski definition) is 3. The van der Waals surface area contributed by atoms with Gasteiger partial charge in [-0.15, -0.1) is 0 Å². The van der Waals surface area contributed by atoms with Gasteiger partial charge in [-0.3, -0.25) is 5.10 Å². The summed E-state index contributed by atoms with van der Waals surface area (Å²) < 4.78 is 0. The number of H-pyrrole nitrogens is 2. The number of urea groups is 1. The van der Waals surface area contributed by atoms with E-state index in [2.05, 4.69) is 43.7 Å². The minimum absolute atomic E-state index is 0.0886. The Hall–Kier alpha value is -2.83. The number of para-hydroxylation sites is 1. The highest BCUT2D eigenvalue weighted by Gasteiger charge is 2.25.